The molecule has 7 aromatic carbocycles. The summed E-state index contributed by atoms with van der Waals surface area (Å²) in [6, 6.07) is 55.4. The van der Waals surface area contributed by atoms with Gasteiger partial charge in [-0.1, -0.05) is 153 Å². The molecule has 0 fully saturated rings. The molecule has 0 radical (unpaired) electrons. The van der Waals surface area contributed by atoms with E-state index in [4.69, 9.17) is 4.98 Å². The van der Waals surface area contributed by atoms with Crippen LogP contribution in [0.15, 0.2) is 152 Å². The summed E-state index contributed by atoms with van der Waals surface area (Å²) in [5.74, 6) is 0. The zero-order chi connectivity index (χ0) is 30.1. The van der Waals surface area contributed by atoms with Crippen molar-refractivity contribution in [1.29, 1.82) is 0 Å². The highest BCUT2D eigenvalue weighted by atomic mass is 14.7. The third-order valence-corrected chi connectivity index (χ3v) is 9.86. The predicted molar refractivity (Wildman–Crippen MR) is 191 cm³/mol. The molecule has 1 nitrogen and oxygen atoms in total. The van der Waals surface area contributed by atoms with E-state index >= 15 is 0 Å². The molecule has 0 saturated carbocycles. The lowest BCUT2D eigenvalue weighted by Gasteiger charge is -2.21. The zero-order valence-corrected chi connectivity index (χ0v) is 25.4. The van der Waals surface area contributed by atoms with E-state index in [9.17, 15) is 0 Å². The fraction of sp³-hybridized carbons (Fsp3) is 0.0682. The van der Waals surface area contributed by atoms with Crippen molar-refractivity contribution in [3.63, 3.8) is 0 Å². The maximum absolute atomic E-state index is 5.23. The van der Waals surface area contributed by atoms with Gasteiger partial charge < -0.3 is 0 Å². The summed E-state index contributed by atoms with van der Waals surface area (Å²) in [5, 5.41) is 7.59. The highest BCUT2D eigenvalue weighted by molar-refractivity contribution is 6.21. The minimum absolute atomic E-state index is 0.0392. The van der Waals surface area contributed by atoms with Crippen LogP contribution >= 0.6 is 0 Å². The van der Waals surface area contributed by atoms with Crippen molar-refractivity contribution >= 4 is 32.3 Å². The third-order valence-electron chi connectivity index (χ3n) is 9.86. The van der Waals surface area contributed by atoms with Gasteiger partial charge in [-0.2, -0.15) is 0 Å². The summed E-state index contributed by atoms with van der Waals surface area (Å²) in [6.45, 7) is 4.60. The van der Waals surface area contributed by atoms with Gasteiger partial charge in [0.05, 0.1) is 11.4 Å². The molecular formula is C44H31N. The highest BCUT2D eigenvalue weighted by Gasteiger charge is 2.36. The summed E-state index contributed by atoms with van der Waals surface area (Å²) in [4.78, 5) is 5.23. The van der Waals surface area contributed by atoms with Crippen molar-refractivity contribution in [2.75, 3.05) is 0 Å². The maximum Gasteiger partial charge on any atom is 0.0753 e. The van der Waals surface area contributed by atoms with Crippen molar-refractivity contribution < 1.29 is 0 Å². The van der Waals surface area contributed by atoms with Crippen molar-refractivity contribution in [3.05, 3.63) is 163 Å². The van der Waals surface area contributed by atoms with Crippen LogP contribution in [-0.4, -0.2) is 4.98 Å². The summed E-state index contributed by atoms with van der Waals surface area (Å²) in [7, 11) is 0. The molecule has 0 spiro atoms. The van der Waals surface area contributed by atoms with E-state index in [1.165, 1.54) is 71.3 Å². The molecule has 1 heteroatoms. The Kier molecular flexibility index (Phi) is 5.61. The molecule has 8 aromatic rings. The molecule has 212 valence electrons. The van der Waals surface area contributed by atoms with Gasteiger partial charge in [-0.05, 0) is 77.8 Å². The summed E-state index contributed by atoms with van der Waals surface area (Å²) in [6.07, 6.45) is 0. The summed E-state index contributed by atoms with van der Waals surface area (Å²) >= 11 is 0. The van der Waals surface area contributed by atoms with E-state index in [1.54, 1.807) is 0 Å². The average Bonchev–Trinajstić information content (AvgIpc) is 3.32. The van der Waals surface area contributed by atoms with Gasteiger partial charge in [0.1, 0.15) is 0 Å². The number of hydrogen-bond donors (Lipinski definition) is 0. The van der Waals surface area contributed by atoms with E-state index < -0.39 is 0 Å². The SMILES string of the molecule is CC1(C)c2ccccc2-c2nc(-c3ccc(-c4c5ccccc5c(-c5ccc6ccccc6c5)c5ccccc45)cc3)ccc21. The Morgan fingerprint density at radius 2 is 0.956 bits per heavy atom. The molecule has 0 unspecified atom stereocenters. The van der Waals surface area contributed by atoms with Crippen LogP contribution in [-0.2, 0) is 5.41 Å². The van der Waals surface area contributed by atoms with Crippen LogP contribution in [0.4, 0.5) is 0 Å². The third kappa shape index (κ3) is 3.90. The molecule has 0 aliphatic heterocycles. The minimum atomic E-state index is -0.0392. The van der Waals surface area contributed by atoms with Crippen LogP contribution in [0.1, 0.15) is 25.0 Å². The quantitative estimate of drug-likeness (QED) is 0.192. The lowest BCUT2D eigenvalue weighted by molar-refractivity contribution is 0.659. The van der Waals surface area contributed by atoms with E-state index in [0.717, 1.165) is 17.0 Å². The first-order valence-corrected chi connectivity index (χ1v) is 15.7. The van der Waals surface area contributed by atoms with Crippen molar-refractivity contribution in [2.45, 2.75) is 19.3 Å². The predicted octanol–water partition coefficient (Wildman–Crippen LogP) is 11.8. The number of hydrogen-bond acceptors (Lipinski definition) is 1. The molecule has 9 rings (SSSR count). The Hall–Kier alpha value is -5.53. The van der Waals surface area contributed by atoms with Gasteiger partial charge in [-0.3, -0.25) is 0 Å². The standard InChI is InChI=1S/C44H31N/c1-44(2)38-18-10-9-17-37(38)43-39(44)25-26-40(45-43)29-20-22-30(23-21-29)41-33-13-5-7-15-35(33)42(36-16-8-6-14-34(36)41)32-24-19-28-11-3-4-12-31(28)27-32/h3-27H,1-2H3. The van der Waals surface area contributed by atoms with Gasteiger partial charge in [0.2, 0.25) is 0 Å². The molecule has 0 saturated heterocycles. The molecule has 1 aliphatic carbocycles. The number of pyridine rings is 1. The molecule has 45 heavy (non-hydrogen) atoms. The second-order valence-corrected chi connectivity index (χ2v) is 12.7. The average molecular weight is 574 g/mol. The first kappa shape index (κ1) is 25.9. The molecule has 0 atom stereocenters. The number of benzene rings is 7. The molecule has 1 aromatic heterocycles. The maximum atomic E-state index is 5.23. The summed E-state index contributed by atoms with van der Waals surface area (Å²) < 4.78 is 0. The van der Waals surface area contributed by atoms with Crippen molar-refractivity contribution in [3.8, 4) is 44.8 Å². The van der Waals surface area contributed by atoms with Crippen LogP contribution < -0.4 is 0 Å². The Balaban J connectivity index is 1.20. The van der Waals surface area contributed by atoms with Gasteiger partial charge >= 0.3 is 0 Å². The highest BCUT2D eigenvalue weighted by Crippen LogP contribution is 2.48. The molecule has 1 aliphatic rings. The smallest absolute Gasteiger partial charge is 0.0753 e. The molecule has 0 bridgehead atoms. The largest absolute Gasteiger partial charge is 0.247 e. The van der Waals surface area contributed by atoms with E-state index in [-0.39, 0.29) is 5.41 Å². The fourth-order valence-electron chi connectivity index (χ4n) is 7.61. The number of rotatable bonds is 3. The van der Waals surface area contributed by atoms with Gasteiger partial charge in [0.15, 0.2) is 0 Å². The van der Waals surface area contributed by atoms with Gasteiger partial charge in [-0.25, -0.2) is 4.98 Å². The molecule has 0 N–H and O–H groups in total. The molecular weight excluding hydrogens is 542 g/mol. The van der Waals surface area contributed by atoms with Crippen LogP contribution in [0.3, 0.4) is 0 Å². The van der Waals surface area contributed by atoms with Crippen LogP contribution in [0.2, 0.25) is 0 Å². The fourth-order valence-corrected chi connectivity index (χ4v) is 7.61. The molecule has 1 heterocycles. The Labute approximate surface area is 263 Å². The van der Waals surface area contributed by atoms with Crippen LogP contribution in [0.5, 0.6) is 0 Å². The first-order valence-electron chi connectivity index (χ1n) is 15.7. The Morgan fingerprint density at radius 3 is 1.64 bits per heavy atom. The zero-order valence-electron chi connectivity index (χ0n) is 25.4. The van der Waals surface area contributed by atoms with E-state index in [1.807, 2.05) is 0 Å². The number of fused-ring (bicyclic) bond motifs is 6. The Morgan fingerprint density at radius 1 is 0.422 bits per heavy atom. The van der Waals surface area contributed by atoms with Crippen LogP contribution in [0.25, 0.3) is 77.1 Å². The van der Waals surface area contributed by atoms with Gasteiger partial charge in [0.25, 0.3) is 0 Å². The lowest BCUT2D eigenvalue weighted by atomic mass is 9.83. The van der Waals surface area contributed by atoms with Gasteiger partial charge in [0, 0.05) is 16.5 Å². The topological polar surface area (TPSA) is 12.9 Å². The first-order chi connectivity index (χ1) is 22.1. The van der Waals surface area contributed by atoms with Crippen LogP contribution in [0, 0.1) is 0 Å². The van der Waals surface area contributed by atoms with E-state index in [2.05, 4.69) is 166 Å². The van der Waals surface area contributed by atoms with Crippen molar-refractivity contribution in [2.24, 2.45) is 0 Å². The second-order valence-electron chi connectivity index (χ2n) is 12.7. The van der Waals surface area contributed by atoms with E-state index in [0.29, 0.717) is 0 Å². The lowest BCUT2D eigenvalue weighted by Crippen LogP contribution is -2.14. The van der Waals surface area contributed by atoms with Gasteiger partial charge in [-0.15, -0.1) is 0 Å². The second kappa shape index (κ2) is 9.74. The Bertz CT molecular complexity index is 2390. The number of nitrogens with zero attached hydrogens (tertiary/aromatic N) is 1. The summed E-state index contributed by atoms with van der Waals surface area (Å²) in [5.41, 5.74) is 12.1. The minimum Gasteiger partial charge on any atom is -0.247 e. The van der Waals surface area contributed by atoms with Crippen molar-refractivity contribution in [1.82, 2.24) is 4.98 Å². The normalized spacial score (nSPS) is 13.3. The monoisotopic (exact) mass is 573 g/mol. The number of aromatic nitrogens is 1. The molecule has 0 amide bonds.